The second-order valence-corrected chi connectivity index (χ2v) is 9.76. The Morgan fingerprint density at radius 1 is 1.13 bits per heavy atom. The van der Waals surface area contributed by atoms with Gasteiger partial charge in [0.1, 0.15) is 22.1 Å². The average Bonchev–Trinajstić information content (AvgIpc) is 2.64. The SMILES string of the molecule is Cc1ncccc1CN(CC(=O)OC(C)(C)C)S(=O)(=O)c1c(F)c(F)c(F)c(F)c1Cl. The van der Waals surface area contributed by atoms with Crippen LogP contribution in [0.15, 0.2) is 23.2 Å². The zero-order chi connectivity index (χ0) is 23.7. The van der Waals surface area contributed by atoms with E-state index in [0.29, 0.717) is 15.6 Å². The highest BCUT2D eigenvalue weighted by molar-refractivity contribution is 7.89. The number of ether oxygens (including phenoxy) is 1. The molecule has 170 valence electrons. The van der Waals surface area contributed by atoms with Gasteiger partial charge < -0.3 is 4.74 Å². The first kappa shape index (κ1) is 25.0. The monoisotopic (exact) mass is 482 g/mol. The number of aromatic nitrogens is 1. The van der Waals surface area contributed by atoms with Crippen LogP contribution in [-0.4, -0.2) is 35.8 Å². The molecule has 0 radical (unpaired) electrons. The summed E-state index contributed by atoms with van der Waals surface area (Å²) in [5, 5.41) is -1.48. The summed E-state index contributed by atoms with van der Waals surface area (Å²) in [5.74, 6) is -9.91. The average molecular weight is 483 g/mol. The van der Waals surface area contributed by atoms with Gasteiger partial charge in [-0.1, -0.05) is 17.7 Å². The lowest BCUT2D eigenvalue weighted by Gasteiger charge is -2.25. The van der Waals surface area contributed by atoms with Crippen LogP contribution in [0.4, 0.5) is 17.6 Å². The molecule has 0 spiro atoms. The molecule has 12 heteroatoms. The summed E-state index contributed by atoms with van der Waals surface area (Å²) < 4.78 is 87.3. The summed E-state index contributed by atoms with van der Waals surface area (Å²) >= 11 is 5.53. The summed E-state index contributed by atoms with van der Waals surface area (Å²) in [7, 11) is -5.14. The third kappa shape index (κ3) is 5.52. The first-order chi connectivity index (χ1) is 14.2. The minimum atomic E-state index is -5.14. The lowest BCUT2D eigenvalue weighted by molar-refractivity contribution is -0.155. The lowest BCUT2D eigenvalue weighted by Crippen LogP contribution is -2.39. The molecule has 0 atom stereocenters. The summed E-state index contributed by atoms with van der Waals surface area (Å²) in [5.41, 5.74) is -0.280. The number of benzene rings is 1. The van der Waals surface area contributed by atoms with E-state index in [1.165, 1.54) is 39.1 Å². The van der Waals surface area contributed by atoms with Gasteiger partial charge in [0.05, 0.1) is 0 Å². The molecule has 2 aromatic rings. The van der Waals surface area contributed by atoms with Crippen molar-refractivity contribution in [3.63, 3.8) is 0 Å². The van der Waals surface area contributed by atoms with Crippen molar-refractivity contribution in [3.05, 3.63) is 57.9 Å². The highest BCUT2D eigenvalue weighted by Crippen LogP contribution is 2.34. The molecular formula is C19H19ClF4N2O4S. The Bertz CT molecular complexity index is 1090. The van der Waals surface area contributed by atoms with E-state index < -0.39 is 67.9 Å². The molecule has 0 amide bonds. The van der Waals surface area contributed by atoms with Gasteiger partial charge in [-0.05, 0) is 39.3 Å². The number of sulfonamides is 1. The first-order valence-corrected chi connectivity index (χ1v) is 10.6. The molecule has 0 aliphatic heterocycles. The van der Waals surface area contributed by atoms with Crippen molar-refractivity contribution < 1.29 is 35.5 Å². The molecule has 6 nitrogen and oxygen atoms in total. The summed E-state index contributed by atoms with van der Waals surface area (Å²) in [6, 6.07) is 2.98. The quantitative estimate of drug-likeness (QED) is 0.268. The summed E-state index contributed by atoms with van der Waals surface area (Å²) in [6.07, 6.45) is 1.44. The van der Waals surface area contributed by atoms with Gasteiger partial charge in [0, 0.05) is 18.4 Å². The van der Waals surface area contributed by atoms with Gasteiger partial charge in [0.25, 0.3) is 0 Å². The summed E-state index contributed by atoms with van der Waals surface area (Å²) in [4.78, 5) is 14.7. The fraction of sp³-hybridized carbons (Fsp3) is 0.368. The van der Waals surface area contributed by atoms with Crippen molar-refractivity contribution in [1.82, 2.24) is 9.29 Å². The molecule has 1 aromatic carbocycles. The van der Waals surface area contributed by atoms with Gasteiger partial charge in [0.15, 0.2) is 23.3 Å². The molecule has 2 rings (SSSR count). The predicted molar refractivity (Wildman–Crippen MR) is 104 cm³/mol. The van der Waals surface area contributed by atoms with Crippen molar-refractivity contribution in [2.75, 3.05) is 6.54 Å². The van der Waals surface area contributed by atoms with E-state index in [1.54, 1.807) is 6.92 Å². The van der Waals surface area contributed by atoms with Gasteiger partial charge in [-0.25, -0.2) is 26.0 Å². The van der Waals surface area contributed by atoms with Crippen molar-refractivity contribution in [3.8, 4) is 0 Å². The highest BCUT2D eigenvalue weighted by atomic mass is 35.5. The molecule has 0 aliphatic rings. The van der Waals surface area contributed by atoms with Crippen LogP contribution in [-0.2, 0) is 26.1 Å². The van der Waals surface area contributed by atoms with E-state index in [4.69, 9.17) is 16.3 Å². The fourth-order valence-electron chi connectivity index (χ4n) is 2.56. The number of carbonyl (C=O) groups excluding carboxylic acids is 1. The van der Waals surface area contributed by atoms with E-state index in [9.17, 15) is 30.8 Å². The molecule has 0 N–H and O–H groups in total. The molecule has 1 aromatic heterocycles. The van der Waals surface area contributed by atoms with E-state index >= 15 is 0 Å². The minimum Gasteiger partial charge on any atom is -0.459 e. The largest absolute Gasteiger partial charge is 0.459 e. The van der Waals surface area contributed by atoms with Crippen molar-refractivity contribution in [2.45, 2.75) is 44.7 Å². The summed E-state index contributed by atoms with van der Waals surface area (Å²) in [6.45, 7) is 4.70. The standard InChI is InChI=1S/C19H19ClF4N2O4S/c1-10-11(6-5-7-25-10)8-26(9-12(27)30-19(2,3)4)31(28,29)18-13(20)14(21)15(22)16(23)17(18)24/h5-7H,8-9H2,1-4H3. The number of esters is 1. The topological polar surface area (TPSA) is 76.6 Å². The minimum absolute atomic E-state index is 0.314. The Balaban J connectivity index is 2.62. The van der Waals surface area contributed by atoms with Crippen molar-refractivity contribution in [2.24, 2.45) is 0 Å². The number of nitrogens with zero attached hydrogens (tertiary/aromatic N) is 2. The number of carbonyl (C=O) groups is 1. The molecule has 1 heterocycles. The van der Waals surface area contributed by atoms with Crippen LogP contribution in [0.25, 0.3) is 0 Å². The van der Waals surface area contributed by atoms with E-state index in [1.807, 2.05) is 0 Å². The van der Waals surface area contributed by atoms with Crippen molar-refractivity contribution >= 4 is 27.6 Å². The zero-order valence-corrected chi connectivity index (χ0v) is 18.5. The maximum atomic E-state index is 14.4. The zero-order valence-electron chi connectivity index (χ0n) is 17.0. The smallest absolute Gasteiger partial charge is 0.321 e. The molecular weight excluding hydrogens is 464 g/mol. The van der Waals surface area contributed by atoms with Crippen LogP contribution in [0.1, 0.15) is 32.0 Å². The Kier molecular flexibility index (Phi) is 7.34. The second-order valence-electron chi connectivity index (χ2n) is 7.51. The van der Waals surface area contributed by atoms with Gasteiger partial charge >= 0.3 is 5.97 Å². The number of hydrogen-bond donors (Lipinski definition) is 0. The first-order valence-electron chi connectivity index (χ1n) is 8.80. The van der Waals surface area contributed by atoms with E-state index in [0.717, 1.165) is 0 Å². The molecule has 0 saturated carbocycles. The maximum Gasteiger partial charge on any atom is 0.321 e. The molecule has 0 fully saturated rings. The van der Waals surface area contributed by atoms with Crippen LogP contribution in [0.3, 0.4) is 0 Å². The van der Waals surface area contributed by atoms with Crippen LogP contribution in [0, 0.1) is 30.2 Å². The number of hydrogen-bond acceptors (Lipinski definition) is 5. The Hall–Kier alpha value is -2.24. The molecule has 31 heavy (non-hydrogen) atoms. The Morgan fingerprint density at radius 3 is 2.26 bits per heavy atom. The second kappa shape index (κ2) is 9.09. The number of rotatable bonds is 6. The Labute approximate surface area is 181 Å². The van der Waals surface area contributed by atoms with Crippen LogP contribution in [0.5, 0.6) is 0 Å². The third-order valence-corrected chi connectivity index (χ3v) is 6.26. The Morgan fingerprint density at radius 2 is 1.71 bits per heavy atom. The van der Waals surface area contributed by atoms with Gasteiger partial charge in [-0.2, -0.15) is 4.31 Å². The van der Waals surface area contributed by atoms with E-state index in [-0.39, 0.29) is 0 Å². The van der Waals surface area contributed by atoms with Gasteiger partial charge in [0.2, 0.25) is 10.0 Å². The molecule has 0 aliphatic carbocycles. The fourth-order valence-corrected chi connectivity index (χ4v) is 4.49. The molecule has 0 saturated heterocycles. The van der Waals surface area contributed by atoms with Gasteiger partial charge in [-0.15, -0.1) is 0 Å². The predicted octanol–water partition coefficient (Wildman–Crippen LogP) is 4.13. The number of pyridine rings is 1. The third-order valence-electron chi connectivity index (χ3n) is 3.96. The number of aryl methyl sites for hydroxylation is 1. The normalized spacial score (nSPS) is 12.3. The maximum absolute atomic E-state index is 14.4. The van der Waals surface area contributed by atoms with Crippen LogP contribution >= 0.6 is 11.6 Å². The highest BCUT2D eigenvalue weighted by Gasteiger charge is 2.37. The van der Waals surface area contributed by atoms with Crippen molar-refractivity contribution in [1.29, 1.82) is 0 Å². The van der Waals surface area contributed by atoms with E-state index in [2.05, 4.69) is 4.98 Å². The molecule has 0 bridgehead atoms. The van der Waals surface area contributed by atoms with Gasteiger partial charge in [-0.3, -0.25) is 9.78 Å². The lowest BCUT2D eigenvalue weighted by atomic mass is 10.2. The molecule has 0 unspecified atom stereocenters. The number of halogens is 5. The van der Waals surface area contributed by atoms with Crippen LogP contribution < -0.4 is 0 Å². The van der Waals surface area contributed by atoms with Crippen LogP contribution in [0.2, 0.25) is 5.02 Å².